The number of nitrogens with zero attached hydrogens (tertiary/aromatic N) is 2. The Balaban J connectivity index is 2.86. The van der Waals surface area contributed by atoms with Gasteiger partial charge >= 0.3 is 0 Å². The molecule has 0 unspecified atom stereocenters. The molecule has 13 heavy (non-hydrogen) atoms. The van der Waals surface area contributed by atoms with Crippen molar-refractivity contribution in [3.63, 3.8) is 0 Å². The van der Waals surface area contributed by atoms with E-state index in [9.17, 15) is 13.2 Å². The van der Waals surface area contributed by atoms with Gasteiger partial charge in [-0.25, -0.2) is 13.6 Å². The fraction of sp³-hybridized carbons (Fsp3) is 0.250. The molecule has 0 aliphatic carbocycles. The molecular weight excluding hydrogens is 217 g/mol. The predicted molar refractivity (Wildman–Crippen MR) is 45.6 cm³/mol. The molecule has 0 aromatic carbocycles. The minimum Gasteiger partial charge on any atom is -0.301 e. The fourth-order valence-electron chi connectivity index (χ4n) is 0.472. The number of anilines is 1. The third-order valence-electron chi connectivity index (χ3n) is 0.870. The van der Waals surface area contributed by atoms with Crippen LogP contribution in [0.1, 0.15) is 11.0 Å². The summed E-state index contributed by atoms with van der Waals surface area (Å²) in [6, 6.07) is 0. The zero-order valence-corrected chi connectivity index (χ0v) is 7.65. The second kappa shape index (κ2) is 3.36. The molecule has 9 heteroatoms. The van der Waals surface area contributed by atoms with Crippen molar-refractivity contribution in [1.29, 1.82) is 0 Å². The lowest BCUT2D eigenvalue weighted by Crippen LogP contribution is -2.11. The summed E-state index contributed by atoms with van der Waals surface area (Å²) in [7, 11) is -4.00. The highest BCUT2D eigenvalue weighted by Crippen LogP contribution is 2.17. The minimum atomic E-state index is -4.00. The first-order chi connectivity index (χ1) is 7.10. The molecule has 1 amide bonds. The Morgan fingerprint density at radius 3 is 2.85 bits per heavy atom. The van der Waals surface area contributed by atoms with Crippen molar-refractivity contribution in [3.8, 4) is 0 Å². The van der Waals surface area contributed by atoms with Crippen LogP contribution in [0, 0.1) is 0 Å². The van der Waals surface area contributed by atoms with E-state index in [1.165, 1.54) is 0 Å². The summed E-state index contributed by atoms with van der Waals surface area (Å²) in [6.45, 7) is -2.84. The van der Waals surface area contributed by atoms with Crippen molar-refractivity contribution < 1.29 is 17.3 Å². The number of nitrogens with one attached hydrogen (secondary N) is 1. The lowest BCUT2D eigenvalue weighted by Gasteiger charge is -1.90. The topological polar surface area (TPSA) is 115 Å². The highest BCUT2D eigenvalue weighted by molar-refractivity contribution is 7.91. The maximum atomic E-state index is 11.0. The second-order valence-electron chi connectivity index (χ2n) is 1.87. The molecule has 3 N–H and O–H groups in total. The van der Waals surface area contributed by atoms with Crippen LogP contribution >= 0.6 is 11.3 Å². The Morgan fingerprint density at radius 1 is 1.69 bits per heavy atom. The molecule has 0 saturated carbocycles. The molecule has 0 aliphatic heterocycles. The van der Waals surface area contributed by atoms with E-state index in [1.807, 2.05) is 5.32 Å². The van der Waals surface area contributed by atoms with Crippen LogP contribution in [0.15, 0.2) is 4.34 Å². The van der Waals surface area contributed by atoms with Crippen LogP contribution in [0.5, 0.6) is 0 Å². The van der Waals surface area contributed by atoms with Crippen molar-refractivity contribution in [3.05, 3.63) is 0 Å². The Hall–Kier alpha value is -1.06. The van der Waals surface area contributed by atoms with Gasteiger partial charge in [0.15, 0.2) is 0 Å². The van der Waals surface area contributed by atoms with Gasteiger partial charge in [-0.2, -0.15) is 0 Å². The zero-order valence-electron chi connectivity index (χ0n) is 9.01. The van der Waals surface area contributed by atoms with Crippen LogP contribution < -0.4 is 10.5 Å². The number of amides is 1. The van der Waals surface area contributed by atoms with Crippen LogP contribution in [0.4, 0.5) is 5.13 Å². The summed E-state index contributed by atoms with van der Waals surface area (Å²) in [5, 5.41) is 12.8. The molecule has 0 radical (unpaired) electrons. The Labute approximate surface area is 82.2 Å². The van der Waals surface area contributed by atoms with Gasteiger partial charge in [0.05, 0.1) is 0 Å². The molecule has 1 aromatic heterocycles. The summed E-state index contributed by atoms with van der Waals surface area (Å²) in [5.41, 5.74) is 0. The zero-order chi connectivity index (χ0) is 12.6. The maximum Gasteiger partial charge on any atom is 0.267 e. The SMILES string of the molecule is [2H]C([2H])([2H])C(=O)Nc1nnc(S([15NH2])(=O)=O)s1. The van der Waals surface area contributed by atoms with E-state index in [0.29, 0.717) is 11.3 Å². The molecule has 0 bridgehead atoms. The van der Waals surface area contributed by atoms with E-state index < -0.39 is 27.1 Å². The maximum absolute atomic E-state index is 11.0. The molecule has 1 rings (SSSR count). The van der Waals surface area contributed by atoms with Crippen molar-refractivity contribution in [2.45, 2.75) is 11.2 Å². The number of sulfonamides is 1. The van der Waals surface area contributed by atoms with Gasteiger partial charge in [-0.15, -0.1) is 10.2 Å². The second-order valence-corrected chi connectivity index (χ2v) is 4.58. The van der Waals surface area contributed by atoms with Crippen molar-refractivity contribution in [1.82, 2.24) is 10.2 Å². The highest BCUT2D eigenvalue weighted by Gasteiger charge is 2.15. The van der Waals surface area contributed by atoms with Gasteiger partial charge in [0.25, 0.3) is 10.0 Å². The van der Waals surface area contributed by atoms with Crippen LogP contribution in [0.2, 0.25) is 0 Å². The molecular formula is C4H6N4O3S2. The van der Waals surface area contributed by atoms with Crippen molar-refractivity contribution >= 4 is 32.4 Å². The van der Waals surface area contributed by atoms with E-state index in [1.54, 1.807) is 0 Å². The molecule has 1 aromatic rings. The summed E-state index contributed by atoms with van der Waals surface area (Å²) in [5.74, 6) is -1.27. The van der Waals surface area contributed by atoms with Crippen molar-refractivity contribution in [2.24, 2.45) is 5.14 Å². The number of hydrogen-bond acceptors (Lipinski definition) is 6. The number of hydrogen-bond donors (Lipinski definition) is 2. The average molecular weight is 226 g/mol. The summed E-state index contributed by atoms with van der Waals surface area (Å²) < 4.78 is 41.3. The molecule has 7 nitrogen and oxygen atoms in total. The Kier molecular flexibility index (Phi) is 1.65. The number of nitrogens with two attached hydrogens (primary N) is 1. The number of aromatic nitrogens is 2. The van der Waals surface area contributed by atoms with Gasteiger partial charge in [-0.05, 0) is 0 Å². The molecule has 0 fully saturated rings. The average Bonchev–Trinajstić information content (AvgIpc) is 2.49. The van der Waals surface area contributed by atoms with E-state index >= 15 is 0 Å². The molecule has 0 atom stereocenters. The van der Waals surface area contributed by atoms with Gasteiger partial charge in [0.1, 0.15) is 0 Å². The number of primary sulfonamides is 1. The van der Waals surface area contributed by atoms with Gasteiger partial charge in [-0.1, -0.05) is 11.3 Å². The minimum absolute atomic E-state index is 0.245. The monoisotopic (exact) mass is 226 g/mol. The normalized spacial score (nSPS) is 15.6. The van der Waals surface area contributed by atoms with Crippen LogP contribution in [-0.4, -0.2) is 24.5 Å². The van der Waals surface area contributed by atoms with E-state index in [-0.39, 0.29) is 5.13 Å². The number of rotatable bonds is 2. The van der Waals surface area contributed by atoms with E-state index in [2.05, 4.69) is 10.2 Å². The molecule has 0 aliphatic rings. The van der Waals surface area contributed by atoms with Gasteiger partial charge in [-0.3, -0.25) is 4.79 Å². The first kappa shape index (κ1) is 6.40. The van der Waals surface area contributed by atoms with Crippen LogP contribution in [0.25, 0.3) is 0 Å². The standard InChI is InChI=1S/C4H6N4O3S2/c1-2(9)6-3-7-8-4(12-3)13(5,10)11/h1H3,(H2,5,10,11)(H,6,7,9)/i1D3,5+1. The third-order valence-corrected chi connectivity index (χ3v) is 3.02. The van der Waals surface area contributed by atoms with Crippen LogP contribution in [-0.2, 0) is 14.8 Å². The third kappa shape index (κ3) is 2.72. The quantitative estimate of drug-likeness (QED) is 0.503. The molecule has 0 spiro atoms. The molecule has 1 heterocycles. The molecule has 0 saturated heterocycles. The lowest BCUT2D eigenvalue weighted by molar-refractivity contribution is -0.114. The first-order valence-electron chi connectivity index (χ1n) is 4.28. The van der Waals surface area contributed by atoms with Crippen molar-refractivity contribution in [2.75, 3.05) is 5.32 Å². The highest BCUT2D eigenvalue weighted by atomic mass is 32.3. The van der Waals surface area contributed by atoms with Gasteiger partial charge in [0, 0.05) is 11.0 Å². The lowest BCUT2D eigenvalue weighted by atomic mass is 10.7. The summed E-state index contributed by atoms with van der Waals surface area (Å²) >= 11 is 0.467. The van der Waals surface area contributed by atoms with Gasteiger partial charge in [0.2, 0.25) is 15.4 Å². The number of carbonyl (C=O) groups excluding carboxylic acids is 1. The Bertz CT molecular complexity index is 507. The predicted octanol–water partition coefficient (Wildman–Crippen LogP) is -0.856. The molecule has 72 valence electrons. The smallest absolute Gasteiger partial charge is 0.267 e. The summed E-state index contributed by atoms with van der Waals surface area (Å²) in [6.07, 6.45) is 0. The number of carbonyl (C=O) groups is 1. The fourth-order valence-corrected chi connectivity index (χ4v) is 1.80. The van der Waals surface area contributed by atoms with E-state index in [0.717, 1.165) is 0 Å². The van der Waals surface area contributed by atoms with Gasteiger partial charge < -0.3 is 5.32 Å². The Morgan fingerprint density at radius 2 is 2.38 bits per heavy atom. The van der Waals surface area contributed by atoms with E-state index in [4.69, 9.17) is 9.25 Å². The summed E-state index contributed by atoms with van der Waals surface area (Å²) in [4.78, 5) is 11.0. The van der Waals surface area contributed by atoms with Crippen LogP contribution in [0.3, 0.4) is 0 Å². The largest absolute Gasteiger partial charge is 0.301 e. The first-order valence-corrected chi connectivity index (χ1v) is 5.15.